The molecule has 2 nitrogen and oxygen atoms in total. The van der Waals surface area contributed by atoms with Gasteiger partial charge in [-0.15, -0.1) is 0 Å². The molecule has 0 bridgehead atoms. The fraction of sp³-hybridized carbons (Fsp3) is 0.900. The van der Waals surface area contributed by atoms with Crippen molar-refractivity contribution in [2.45, 2.75) is 32.1 Å². The van der Waals surface area contributed by atoms with Crippen LogP contribution in [0.1, 0.15) is 19.8 Å². The molecule has 0 aromatic carbocycles. The third-order valence-corrected chi connectivity index (χ3v) is 3.26. The Balaban J connectivity index is 1.87. The van der Waals surface area contributed by atoms with Crippen molar-refractivity contribution in [2.24, 2.45) is 11.8 Å². The zero-order chi connectivity index (χ0) is 10.3. The molecule has 0 spiro atoms. The lowest BCUT2D eigenvalue weighted by atomic mass is 9.82. The SMILES string of the molecule is CC1CN(C(=O)C2CC(F)C2)CC1F. The van der Waals surface area contributed by atoms with Crippen LogP contribution in [0.3, 0.4) is 0 Å². The minimum Gasteiger partial charge on any atom is -0.339 e. The summed E-state index contributed by atoms with van der Waals surface area (Å²) in [6.45, 7) is 2.50. The number of likely N-dealkylation sites (tertiary alicyclic amines) is 1. The zero-order valence-corrected chi connectivity index (χ0v) is 8.25. The van der Waals surface area contributed by atoms with Gasteiger partial charge < -0.3 is 4.90 Å². The quantitative estimate of drug-likeness (QED) is 0.633. The van der Waals surface area contributed by atoms with Gasteiger partial charge in [-0.2, -0.15) is 0 Å². The van der Waals surface area contributed by atoms with Crippen molar-refractivity contribution in [2.75, 3.05) is 13.1 Å². The van der Waals surface area contributed by atoms with E-state index in [2.05, 4.69) is 0 Å². The highest BCUT2D eigenvalue weighted by atomic mass is 19.1. The number of carbonyl (C=O) groups is 1. The second-order valence-electron chi connectivity index (χ2n) is 4.50. The highest BCUT2D eigenvalue weighted by Crippen LogP contribution is 2.33. The Morgan fingerprint density at radius 1 is 1.29 bits per heavy atom. The Morgan fingerprint density at radius 3 is 2.36 bits per heavy atom. The molecular formula is C10H15F2NO. The summed E-state index contributed by atoms with van der Waals surface area (Å²) < 4.78 is 25.6. The van der Waals surface area contributed by atoms with Gasteiger partial charge in [-0.25, -0.2) is 8.78 Å². The second-order valence-corrected chi connectivity index (χ2v) is 4.50. The van der Waals surface area contributed by atoms with Crippen molar-refractivity contribution in [1.82, 2.24) is 4.90 Å². The molecule has 1 aliphatic heterocycles. The topological polar surface area (TPSA) is 20.3 Å². The molecular weight excluding hydrogens is 188 g/mol. The van der Waals surface area contributed by atoms with E-state index in [1.165, 1.54) is 0 Å². The van der Waals surface area contributed by atoms with E-state index in [-0.39, 0.29) is 24.3 Å². The van der Waals surface area contributed by atoms with Crippen LogP contribution in [0.5, 0.6) is 0 Å². The van der Waals surface area contributed by atoms with E-state index in [1.807, 2.05) is 0 Å². The number of hydrogen-bond donors (Lipinski definition) is 0. The van der Waals surface area contributed by atoms with Gasteiger partial charge in [-0.1, -0.05) is 6.92 Å². The molecule has 2 aliphatic rings. The molecule has 0 radical (unpaired) electrons. The number of amides is 1. The largest absolute Gasteiger partial charge is 0.339 e. The summed E-state index contributed by atoms with van der Waals surface area (Å²) in [5, 5.41) is 0. The fourth-order valence-electron chi connectivity index (χ4n) is 2.12. The van der Waals surface area contributed by atoms with E-state index in [1.54, 1.807) is 11.8 Å². The summed E-state index contributed by atoms with van der Waals surface area (Å²) in [5.41, 5.74) is 0. The minimum absolute atomic E-state index is 0.0501. The number of nitrogens with zero attached hydrogens (tertiary/aromatic N) is 1. The van der Waals surface area contributed by atoms with Crippen LogP contribution in [0.2, 0.25) is 0 Å². The maximum absolute atomic E-state index is 13.1. The summed E-state index contributed by atoms with van der Waals surface area (Å²) in [4.78, 5) is 13.2. The first-order valence-corrected chi connectivity index (χ1v) is 5.15. The van der Waals surface area contributed by atoms with Crippen molar-refractivity contribution in [1.29, 1.82) is 0 Å². The maximum atomic E-state index is 13.1. The summed E-state index contributed by atoms with van der Waals surface area (Å²) in [5.74, 6) is -0.298. The van der Waals surface area contributed by atoms with E-state index in [9.17, 15) is 13.6 Å². The Hall–Kier alpha value is -0.670. The molecule has 2 atom stereocenters. The monoisotopic (exact) mass is 203 g/mol. The van der Waals surface area contributed by atoms with Crippen LogP contribution in [0.15, 0.2) is 0 Å². The Morgan fingerprint density at radius 2 is 1.93 bits per heavy atom. The predicted molar refractivity (Wildman–Crippen MR) is 48.3 cm³/mol. The van der Waals surface area contributed by atoms with Gasteiger partial charge in [0, 0.05) is 18.4 Å². The van der Waals surface area contributed by atoms with Crippen molar-refractivity contribution >= 4 is 5.91 Å². The lowest BCUT2D eigenvalue weighted by molar-refractivity contribution is -0.139. The van der Waals surface area contributed by atoms with Crippen molar-refractivity contribution in [3.8, 4) is 0 Å². The first-order valence-electron chi connectivity index (χ1n) is 5.15. The van der Waals surface area contributed by atoms with Crippen LogP contribution in [-0.2, 0) is 4.79 Å². The number of carbonyl (C=O) groups excluding carboxylic acids is 1. The first kappa shape index (κ1) is 9.87. The molecule has 1 heterocycles. The third-order valence-electron chi connectivity index (χ3n) is 3.26. The van der Waals surface area contributed by atoms with Crippen LogP contribution in [0.25, 0.3) is 0 Å². The lowest BCUT2D eigenvalue weighted by Crippen LogP contribution is -2.41. The summed E-state index contributed by atoms with van der Waals surface area (Å²) in [6, 6.07) is 0. The molecule has 2 rings (SSSR count). The average molecular weight is 203 g/mol. The van der Waals surface area contributed by atoms with Gasteiger partial charge in [0.25, 0.3) is 0 Å². The van der Waals surface area contributed by atoms with Gasteiger partial charge in [-0.05, 0) is 12.8 Å². The maximum Gasteiger partial charge on any atom is 0.226 e. The normalized spacial score (nSPS) is 42.4. The van der Waals surface area contributed by atoms with E-state index < -0.39 is 12.3 Å². The summed E-state index contributed by atoms with van der Waals surface area (Å²) in [7, 11) is 0. The number of alkyl halides is 2. The first-order chi connectivity index (χ1) is 6.58. The second kappa shape index (κ2) is 3.48. The van der Waals surface area contributed by atoms with E-state index >= 15 is 0 Å². The van der Waals surface area contributed by atoms with Gasteiger partial charge in [0.05, 0.1) is 6.54 Å². The molecule has 1 saturated carbocycles. The smallest absolute Gasteiger partial charge is 0.226 e. The van der Waals surface area contributed by atoms with E-state index in [4.69, 9.17) is 0 Å². The molecule has 0 aromatic rings. The van der Waals surface area contributed by atoms with Crippen LogP contribution in [0, 0.1) is 11.8 Å². The number of hydrogen-bond acceptors (Lipinski definition) is 1. The summed E-state index contributed by atoms with van der Waals surface area (Å²) in [6.07, 6.45) is -1.05. The predicted octanol–water partition coefficient (Wildman–Crippen LogP) is 1.55. The molecule has 4 heteroatoms. The molecule has 1 amide bonds. The van der Waals surface area contributed by atoms with Crippen LogP contribution in [0.4, 0.5) is 8.78 Å². The van der Waals surface area contributed by atoms with Crippen molar-refractivity contribution < 1.29 is 13.6 Å². The van der Waals surface area contributed by atoms with Crippen LogP contribution < -0.4 is 0 Å². The van der Waals surface area contributed by atoms with E-state index in [0.717, 1.165) is 0 Å². The Kier molecular flexibility index (Phi) is 2.45. The van der Waals surface area contributed by atoms with Gasteiger partial charge >= 0.3 is 0 Å². The van der Waals surface area contributed by atoms with Crippen molar-refractivity contribution in [3.05, 3.63) is 0 Å². The molecule has 0 N–H and O–H groups in total. The van der Waals surface area contributed by atoms with Crippen LogP contribution in [-0.4, -0.2) is 36.2 Å². The lowest BCUT2D eigenvalue weighted by Gasteiger charge is -2.31. The number of halogens is 2. The molecule has 1 aliphatic carbocycles. The van der Waals surface area contributed by atoms with Gasteiger partial charge in [-0.3, -0.25) is 4.79 Å². The van der Waals surface area contributed by atoms with Gasteiger partial charge in [0.1, 0.15) is 12.3 Å². The average Bonchev–Trinajstić information content (AvgIpc) is 2.41. The fourth-order valence-corrected chi connectivity index (χ4v) is 2.12. The molecule has 14 heavy (non-hydrogen) atoms. The Bertz CT molecular complexity index is 230. The minimum atomic E-state index is -0.903. The molecule has 1 saturated heterocycles. The Labute approximate surface area is 82.3 Å². The molecule has 0 aromatic heterocycles. The highest BCUT2D eigenvalue weighted by Gasteiger charge is 2.40. The third kappa shape index (κ3) is 1.62. The van der Waals surface area contributed by atoms with Gasteiger partial charge in [0.15, 0.2) is 0 Å². The van der Waals surface area contributed by atoms with Crippen molar-refractivity contribution in [3.63, 3.8) is 0 Å². The molecule has 80 valence electrons. The summed E-state index contributed by atoms with van der Waals surface area (Å²) >= 11 is 0. The standard InChI is InChI=1S/C10H15F2NO/c1-6-4-13(5-9(6)12)10(14)7-2-8(11)3-7/h6-9H,2-5H2,1H3. The van der Waals surface area contributed by atoms with E-state index in [0.29, 0.717) is 19.4 Å². The number of rotatable bonds is 1. The molecule has 2 unspecified atom stereocenters. The van der Waals surface area contributed by atoms with Crippen LogP contribution >= 0.6 is 0 Å². The van der Waals surface area contributed by atoms with Gasteiger partial charge in [0.2, 0.25) is 5.91 Å². The highest BCUT2D eigenvalue weighted by molar-refractivity contribution is 5.80. The molecule has 2 fully saturated rings. The zero-order valence-electron chi connectivity index (χ0n) is 8.25.